The summed E-state index contributed by atoms with van der Waals surface area (Å²) in [4.78, 5) is 19.2. The number of benzene rings is 2. The number of imidazole rings is 1. The summed E-state index contributed by atoms with van der Waals surface area (Å²) < 4.78 is 5.30. The second kappa shape index (κ2) is 5.58. The monoisotopic (exact) mass is 300 g/mol. The molecule has 0 amide bonds. The van der Waals surface area contributed by atoms with Crippen LogP contribution in [0.5, 0.6) is 5.75 Å². The largest absolute Gasteiger partial charge is 0.494 e. The highest BCUT2D eigenvalue weighted by Gasteiger charge is 2.15. The van der Waals surface area contributed by atoms with Gasteiger partial charge in [-0.2, -0.15) is 0 Å². The minimum atomic E-state index is -0.527. The number of carbonyl (C=O) groups is 1. The average Bonchev–Trinajstić information content (AvgIpc) is 2.90. The van der Waals surface area contributed by atoms with Gasteiger partial charge in [-0.1, -0.05) is 30.3 Å². The standard InChI is InChI=1S/C16H13ClN2O2/c1-21-12-8-7-11(16(17)20)14-15(12)19-13(18-14)9-10-5-3-2-4-6-10/h2-8H,9H2,1H3,(H,18,19). The Morgan fingerprint density at radius 3 is 2.67 bits per heavy atom. The molecule has 2 aromatic carbocycles. The van der Waals surface area contributed by atoms with E-state index in [1.165, 1.54) is 0 Å². The molecular formula is C16H13ClN2O2. The van der Waals surface area contributed by atoms with E-state index in [-0.39, 0.29) is 0 Å². The van der Waals surface area contributed by atoms with E-state index in [0.29, 0.717) is 28.8 Å². The first-order valence-electron chi connectivity index (χ1n) is 6.48. The van der Waals surface area contributed by atoms with Crippen LogP contribution in [0, 0.1) is 0 Å². The molecule has 1 heterocycles. The van der Waals surface area contributed by atoms with Gasteiger partial charge in [0.2, 0.25) is 0 Å². The highest BCUT2D eigenvalue weighted by atomic mass is 35.5. The van der Waals surface area contributed by atoms with Crippen molar-refractivity contribution < 1.29 is 9.53 Å². The van der Waals surface area contributed by atoms with Crippen molar-refractivity contribution in [2.45, 2.75) is 6.42 Å². The predicted octanol–water partition coefficient (Wildman–Crippen LogP) is 3.54. The van der Waals surface area contributed by atoms with Crippen molar-refractivity contribution in [3.05, 3.63) is 59.4 Å². The lowest BCUT2D eigenvalue weighted by Gasteiger charge is -2.02. The molecule has 0 unspecified atom stereocenters. The summed E-state index contributed by atoms with van der Waals surface area (Å²) in [5.74, 6) is 1.40. The Hall–Kier alpha value is -2.33. The van der Waals surface area contributed by atoms with Gasteiger partial charge in [-0.05, 0) is 29.3 Å². The van der Waals surface area contributed by atoms with Crippen LogP contribution in [0.1, 0.15) is 21.7 Å². The van der Waals surface area contributed by atoms with Crippen LogP contribution in [0.15, 0.2) is 42.5 Å². The Labute approximate surface area is 126 Å². The van der Waals surface area contributed by atoms with Crippen LogP contribution in [0.4, 0.5) is 0 Å². The summed E-state index contributed by atoms with van der Waals surface area (Å²) in [6.07, 6.45) is 0.647. The molecule has 0 saturated heterocycles. The Kier molecular flexibility index (Phi) is 3.62. The summed E-state index contributed by atoms with van der Waals surface area (Å²) in [5, 5.41) is -0.527. The molecule has 5 heteroatoms. The number of nitrogens with one attached hydrogen (secondary N) is 1. The number of methoxy groups -OCH3 is 1. The Bertz CT molecular complexity index is 797. The number of fused-ring (bicyclic) bond motifs is 1. The molecule has 0 fully saturated rings. The Morgan fingerprint density at radius 1 is 1.24 bits per heavy atom. The molecule has 1 N–H and O–H groups in total. The van der Waals surface area contributed by atoms with Crippen molar-refractivity contribution in [1.29, 1.82) is 0 Å². The van der Waals surface area contributed by atoms with Crippen LogP contribution in [0.2, 0.25) is 0 Å². The lowest BCUT2D eigenvalue weighted by atomic mass is 10.1. The molecule has 0 bridgehead atoms. The molecule has 0 aliphatic heterocycles. The fourth-order valence-electron chi connectivity index (χ4n) is 2.32. The van der Waals surface area contributed by atoms with Crippen LogP contribution in [0.25, 0.3) is 11.0 Å². The number of carbonyl (C=O) groups excluding carboxylic acids is 1. The lowest BCUT2D eigenvalue weighted by Crippen LogP contribution is -1.93. The third-order valence-corrected chi connectivity index (χ3v) is 3.51. The van der Waals surface area contributed by atoms with Crippen molar-refractivity contribution in [2.75, 3.05) is 7.11 Å². The summed E-state index contributed by atoms with van der Waals surface area (Å²) in [5.41, 5.74) is 2.74. The third kappa shape index (κ3) is 2.62. The van der Waals surface area contributed by atoms with E-state index < -0.39 is 5.24 Å². The van der Waals surface area contributed by atoms with Gasteiger partial charge in [0.25, 0.3) is 5.24 Å². The number of hydrogen-bond acceptors (Lipinski definition) is 3. The molecule has 1 aromatic heterocycles. The normalized spacial score (nSPS) is 10.8. The second-order valence-electron chi connectivity index (χ2n) is 4.66. The second-order valence-corrected chi connectivity index (χ2v) is 5.00. The number of hydrogen-bond donors (Lipinski definition) is 1. The van der Waals surface area contributed by atoms with Crippen molar-refractivity contribution in [3.8, 4) is 5.75 Å². The summed E-state index contributed by atoms with van der Waals surface area (Å²) in [6.45, 7) is 0. The zero-order valence-corrected chi connectivity index (χ0v) is 12.1. The number of halogens is 1. The quantitative estimate of drug-likeness (QED) is 0.750. The first-order valence-corrected chi connectivity index (χ1v) is 6.86. The molecule has 0 radical (unpaired) electrons. The van der Waals surface area contributed by atoms with E-state index in [9.17, 15) is 4.79 Å². The van der Waals surface area contributed by atoms with E-state index in [0.717, 1.165) is 11.4 Å². The van der Waals surface area contributed by atoms with Crippen LogP contribution < -0.4 is 4.74 Å². The molecule has 4 nitrogen and oxygen atoms in total. The maximum Gasteiger partial charge on any atom is 0.254 e. The average molecular weight is 301 g/mol. The van der Waals surface area contributed by atoms with Gasteiger partial charge in [-0.25, -0.2) is 4.98 Å². The minimum absolute atomic E-state index is 0.378. The Balaban J connectivity index is 2.10. The molecule has 106 valence electrons. The topological polar surface area (TPSA) is 55.0 Å². The van der Waals surface area contributed by atoms with Crippen LogP contribution >= 0.6 is 11.6 Å². The third-order valence-electron chi connectivity index (χ3n) is 3.30. The smallest absolute Gasteiger partial charge is 0.254 e. The number of H-pyrrole nitrogens is 1. The molecular weight excluding hydrogens is 288 g/mol. The molecule has 0 spiro atoms. The summed E-state index contributed by atoms with van der Waals surface area (Å²) in [7, 11) is 1.58. The highest BCUT2D eigenvalue weighted by Crippen LogP contribution is 2.28. The molecule has 0 aliphatic rings. The van der Waals surface area contributed by atoms with Crippen molar-refractivity contribution in [3.63, 3.8) is 0 Å². The van der Waals surface area contributed by atoms with Crippen LogP contribution in [-0.2, 0) is 6.42 Å². The minimum Gasteiger partial charge on any atom is -0.494 e. The Morgan fingerprint density at radius 2 is 2.00 bits per heavy atom. The zero-order valence-electron chi connectivity index (χ0n) is 11.4. The van der Waals surface area contributed by atoms with E-state index in [2.05, 4.69) is 9.97 Å². The number of rotatable bonds is 4. The van der Waals surface area contributed by atoms with Gasteiger partial charge in [0.15, 0.2) is 0 Å². The van der Waals surface area contributed by atoms with Crippen molar-refractivity contribution in [1.82, 2.24) is 9.97 Å². The van der Waals surface area contributed by atoms with Gasteiger partial charge in [0.1, 0.15) is 22.6 Å². The van der Waals surface area contributed by atoms with Crippen molar-refractivity contribution in [2.24, 2.45) is 0 Å². The van der Waals surface area contributed by atoms with Gasteiger partial charge in [-0.3, -0.25) is 4.79 Å². The van der Waals surface area contributed by atoms with Crippen molar-refractivity contribution >= 4 is 27.9 Å². The molecule has 0 atom stereocenters. The molecule has 3 rings (SSSR count). The lowest BCUT2D eigenvalue weighted by molar-refractivity contribution is 0.108. The SMILES string of the molecule is COc1ccc(C(=O)Cl)c2nc(Cc3ccccc3)[nH]c12. The maximum absolute atomic E-state index is 11.5. The van der Waals surface area contributed by atoms with Gasteiger partial charge >= 0.3 is 0 Å². The van der Waals surface area contributed by atoms with E-state index in [1.807, 2.05) is 30.3 Å². The zero-order chi connectivity index (χ0) is 14.8. The molecule has 21 heavy (non-hydrogen) atoms. The fourth-order valence-corrected chi connectivity index (χ4v) is 2.47. The number of aromatic amines is 1. The number of aromatic nitrogens is 2. The number of ether oxygens (including phenoxy) is 1. The van der Waals surface area contributed by atoms with Crippen LogP contribution in [-0.4, -0.2) is 22.3 Å². The van der Waals surface area contributed by atoms with E-state index in [1.54, 1.807) is 19.2 Å². The van der Waals surface area contributed by atoms with E-state index in [4.69, 9.17) is 16.3 Å². The maximum atomic E-state index is 11.5. The summed E-state index contributed by atoms with van der Waals surface area (Å²) in [6, 6.07) is 13.3. The first kappa shape index (κ1) is 13.6. The highest BCUT2D eigenvalue weighted by molar-refractivity contribution is 6.68. The molecule has 0 aliphatic carbocycles. The number of nitrogens with zero attached hydrogens (tertiary/aromatic N) is 1. The van der Waals surface area contributed by atoms with Gasteiger partial charge < -0.3 is 9.72 Å². The van der Waals surface area contributed by atoms with Gasteiger partial charge in [0, 0.05) is 6.42 Å². The molecule has 0 saturated carbocycles. The fraction of sp³-hybridized carbons (Fsp3) is 0.125. The molecule has 3 aromatic rings. The predicted molar refractivity (Wildman–Crippen MR) is 82.1 cm³/mol. The van der Waals surface area contributed by atoms with E-state index >= 15 is 0 Å². The van der Waals surface area contributed by atoms with Gasteiger partial charge in [0.05, 0.1) is 12.7 Å². The van der Waals surface area contributed by atoms with Crippen LogP contribution in [0.3, 0.4) is 0 Å². The van der Waals surface area contributed by atoms with Gasteiger partial charge in [-0.15, -0.1) is 0 Å². The first-order chi connectivity index (χ1) is 10.2. The summed E-state index contributed by atoms with van der Waals surface area (Å²) >= 11 is 5.61.